The van der Waals surface area contributed by atoms with E-state index in [1.54, 1.807) is 0 Å². The fourth-order valence-electron chi connectivity index (χ4n) is 4.39. The molecule has 0 bridgehead atoms. The Kier molecular flexibility index (Phi) is 23.2. The van der Waals surface area contributed by atoms with Crippen LogP contribution in [0.15, 0.2) is 0 Å². The first-order valence-electron chi connectivity index (χ1n) is 17.5. The molecule has 1 aromatic rings. The number of ether oxygens (including phenoxy) is 6. The monoisotopic (exact) mass is 683 g/mol. The molecule has 0 atom stereocenters. The molecule has 0 saturated heterocycles. The summed E-state index contributed by atoms with van der Waals surface area (Å²) in [5, 5.41) is 2.73. The van der Waals surface area contributed by atoms with Crippen LogP contribution in [0.1, 0.15) is 114 Å². The number of rotatable bonds is 29. The maximum atomic E-state index is 12.6. The van der Waals surface area contributed by atoms with Crippen LogP contribution in [0, 0.1) is 10.8 Å². The Morgan fingerprint density at radius 1 is 0.542 bits per heavy atom. The van der Waals surface area contributed by atoms with Crippen molar-refractivity contribution in [3.8, 4) is 0 Å². The fourth-order valence-corrected chi connectivity index (χ4v) is 4.39. The molecule has 1 heterocycles. The lowest BCUT2D eigenvalue weighted by Gasteiger charge is -2.17. The zero-order valence-corrected chi connectivity index (χ0v) is 30.7. The number of Topliss-reactive ketones (excluding diaryl/α,β-unsaturated/α-hetero) is 1. The van der Waals surface area contributed by atoms with E-state index in [9.17, 15) is 9.59 Å². The summed E-state index contributed by atoms with van der Waals surface area (Å²) in [5.41, 5.74) is 12.4. The number of unbranched alkanes of at least 4 members (excludes halogenated alkanes) is 1. The van der Waals surface area contributed by atoms with Gasteiger partial charge in [0.15, 0.2) is 28.8 Å². The van der Waals surface area contributed by atoms with Crippen LogP contribution in [0.2, 0.25) is 0 Å². The third-order valence-corrected chi connectivity index (χ3v) is 7.04. The van der Waals surface area contributed by atoms with Gasteiger partial charge in [0.25, 0.3) is 5.91 Å². The zero-order valence-electron chi connectivity index (χ0n) is 30.7. The summed E-state index contributed by atoms with van der Waals surface area (Å²) >= 11 is 0. The van der Waals surface area contributed by atoms with Crippen molar-refractivity contribution in [2.45, 2.75) is 92.9 Å². The molecule has 0 fully saturated rings. The predicted octanol–water partition coefficient (Wildman–Crippen LogP) is 4.87. The van der Waals surface area contributed by atoms with Gasteiger partial charge >= 0.3 is 0 Å². The lowest BCUT2D eigenvalue weighted by molar-refractivity contribution is 0.0124. The van der Waals surface area contributed by atoms with E-state index < -0.39 is 5.91 Å². The number of aromatic nitrogens is 2. The minimum atomic E-state index is -0.513. The van der Waals surface area contributed by atoms with Crippen molar-refractivity contribution < 1.29 is 38.0 Å². The van der Waals surface area contributed by atoms with Crippen molar-refractivity contribution in [3.05, 3.63) is 11.4 Å². The summed E-state index contributed by atoms with van der Waals surface area (Å²) < 4.78 is 33.3. The lowest BCUT2D eigenvalue weighted by Crippen LogP contribution is -2.28. The summed E-state index contributed by atoms with van der Waals surface area (Å²) in [7, 11) is 0. The van der Waals surface area contributed by atoms with E-state index in [4.69, 9.17) is 39.9 Å². The van der Waals surface area contributed by atoms with Gasteiger partial charge in [-0.3, -0.25) is 9.59 Å². The highest BCUT2D eigenvalue weighted by molar-refractivity contribution is 6.01. The zero-order chi connectivity index (χ0) is 35.7. The van der Waals surface area contributed by atoms with Crippen LogP contribution in [0.4, 0.5) is 11.6 Å². The number of hydrogen-bond donors (Lipinski definition) is 3. The van der Waals surface area contributed by atoms with Gasteiger partial charge in [-0.1, -0.05) is 41.5 Å². The van der Waals surface area contributed by atoms with Crippen LogP contribution in [0.3, 0.4) is 0 Å². The van der Waals surface area contributed by atoms with Crippen LogP contribution in [0.5, 0.6) is 0 Å². The third-order valence-electron chi connectivity index (χ3n) is 7.04. The SMILES string of the molecule is CC(C)(C)CCCOCCOCCOCCCCC(=O)c1nc(N)c(C(=O)NCCCOCCOCCOCCCC(C)(C)C)nc1N. The molecule has 0 unspecified atom stereocenters. The highest BCUT2D eigenvalue weighted by atomic mass is 16.5. The largest absolute Gasteiger partial charge is 0.382 e. The topological polar surface area (TPSA) is 179 Å². The van der Waals surface area contributed by atoms with Gasteiger partial charge in [0, 0.05) is 39.4 Å². The lowest BCUT2D eigenvalue weighted by atomic mass is 9.91. The average Bonchev–Trinajstić information content (AvgIpc) is 3.00. The molecule has 1 aromatic heterocycles. The number of carbonyl (C=O) groups is 2. The van der Waals surface area contributed by atoms with Gasteiger partial charge in [-0.05, 0) is 55.8 Å². The summed E-state index contributed by atoms with van der Waals surface area (Å²) in [6.07, 6.45) is 6.45. The van der Waals surface area contributed by atoms with Crippen molar-refractivity contribution in [3.63, 3.8) is 0 Å². The Hall–Kier alpha value is -2.42. The van der Waals surface area contributed by atoms with E-state index in [1.807, 2.05) is 0 Å². The van der Waals surface area contributed by atoms with Crippen molar-refractivity contribution in [1.82, 2.24) is 15.3 Å². The standard InChI is InChI=1S/C35H65N5O8/c1-34(2,3)13-9-17-44-21-25-47-24-20-43-16-8-7-12-28(41)29-31(36)40-30(32(37)39-29)33(42)38-15-11-19-46-23-27-48-26-22-45-18-10-14-35(4,5)6/h7-27H2,1-6H3,(H2,36,40)(H2,37,39)(H,38,42). The Labute approximate surface area is 288 Å². The van der Waals surface area contributed by atoms with Gasteiger partial charge < -0.3 is 45.2 Å². The Balaban J connectivity index is 2.09. The normalized spacial score (nSPS) is 12.0. The van der Waals surface area contributed by atoms with Gasteiger partial charge in [-0.2, -0.15) is 0 Å². The molecular weight excluding hydrogens is 618 g/mol. The van der Waals surface area contributed by atoms with Crippen LogP contribution in [-0.2, 0) is 28.4 Å². The minimum Gasteiger partial charge on any atom is -0.382 e. The quantitative estimate of drug-likeness (QED) is 0.0772. The second-order valence-corrected chi connectivity index (χ2v) is 14.2. The number of nitrogens with zero attached hydrogens (tertiary/aromatic N) is 2. The van der Waals surface area contributed by atoms with Crippen molar-refractivity contribution in [2.75, 3.05) is 97.3 Å². The first kappa shape index (κ1) is 43.6. The number of nitrogen functional groups attached to an aromatic ring is 2. The molecule has 0 aliphatic heterocycles. The number of nitrogens with one attached hydrogen (secondary N) is 1. The van der Waals surface area contributed by atoms with Crippen LogP contribution < -0.4 is 16.8 Å². The fraction of sp³-hybridized carbons (Fsp3) is 0.829. The smallest absolute Gasteiger partial charge is 0.273 e. The number of carbonyl (C=O) groups excluding carboxylic acids is 2. The molecule has 48 heavy (non-hydrogen) atoms. The van der Waals surface area contributed by atoms with Crippen LogP contribution in [0.25, 0.3) is 0 Å². The molecule has 0 aliphatic carbocycles. The van der Waals surface area contributed by atoms with E-state index in [0.29, 0.717) is 103 Å². The number of hydrogen-bond acceptors (Lipinski definition) is 12. The van der Waals surface area contributed by atoms with E-state index in [-0.39, 0.29) is 35.2 Å². The summed E-state index contributed by atoms with van der Waals surface area (Å²) in [6.45, 7) is 20.3. The van der Waals surface area contributed by atoms with Crippen molar-refractivity contribution in [1.29, 1.82) is 0 Å². The Morgan fingerprint density at radius 2 is 0.917 bits per heavy atom. The van der Waals surface area contributed by atoms with Gasteiger partial charge in [0.2, 0.25) is 0 Å². The minimum absolute atomic E-state index is 0.0262. The number of ketones is 1. The van der Waals surface area contributed by atoms with Crippen LogP contribution >= 0.6 is 0 Å². The van der Waals surface area contributed by atoms with Gasteiger partial charge in [-0.15, -0.1) is 0 Å². The second-order valence-electron chi connectivity index (χ2n) is 14.2. The molecule has 5 N–H and O–H groups in total. The molecule has 0 spiro atoms. The summed E-state index contributed by atoms with van der Waals surface area (Å²) in [5.74, 6) is -1.06. The summed E-state index contributed by atoms with van der Waals surface area (Å²) in [4.78, 5) is 33.3. The molecule has 0 aliphatic rings. The number of nitrogens with two attached hydrogens (primary N) is 2. The molecule has 0 aromatic carbocycles. The first-order valence-corrected chi connectivity index (χ1v) is 17.5. The highest BCUT2D eigenvalue weighted by Gasteiger charge is 2.20. The van der Waals surface area contributed by atoms with Gasteiger partial charge in [0.1, 0.15) is 0 Å². The molecule has 13 nitrogen and oxygen atoms in total. The molecule has 1 amide bonds. The molecule has 13 heteroatoms. The van der Waals surface area contributed by atoms with Crippen molar-refractivity contribution >= 4 is 23.3 Å². The summed E-state index contributed by atoms with van der Waals surface area (Å²) in [6, 6.07) is 0. The van der Waals surface area contributed by atoms with Crippen molar-refractivity contribution in [2.24, 2.45) is 10.8 Å². The van der Waals surface area contributed by atoms with Gasteiger partial charge in [0.05, 0.1) is 52.9 Å². The molecule has 278 valence electrons. The molecule has 0 radical (unpaired) electrons. The van der Waals surface area contributed by atoms with E-state index >= 15 is 0 Å². The van der Waals surface area contributed by atoms with E-state index in [1.165, 1.54) is 0 Å². The molecular formula is C35H65N5O8. The predicted molar refractivity (Wildman–Crippen MR) is 188 cm³/mol. The number of amides is 1. The Morgan fingerprint density at radius 3 is 1.38 bits per heavy atom. The Bertz CT molecular complexity index is 934. The molecule has 0 saturated carbocycles. The maximum absolute atomic E-state index is 12.6. The molecule has 1 rings (SSSR count). The van der Waals surface area contributed by atoms with E-state index in [0.717, 1.165) is 38.9 Å². The van der Waals surface area contributed by atoms with E-state index in [2.05, 4.69) is 56.8 Å². The number of anilines is 2. The first-order chi connectivity index (χ1) is 22.8. The van der Waals surface area contributed by atoms with Crippen LogP contribution in [-0.4, -0.2) is 107 Å². The third kappa shape index (κ3) is 23.8. The average molecular weight is 684 g/mol. The maximum Gasteiger partial charge on any atom is 0.273 e. The highest BCUT2D eigenvalue weighted by Crippen LogP contribution is 2.21. The second kappa shape index (κ2) is 25.5. The van der Waals surface area contributed by atoms with Gasteiger partial charge in [-0.25, -0.2) is 9.97 Å².